The topological polar surface area (TPSA) is 68.3 Å². The molecule has 0 radical (unpaired) electrons. The van der Waals surface area contributed by atoms with Crippen LogP contribution in [0.1, 0.15) is 73.1 Å². The molecule has 0 unspecified atom stereocenters. The van der Waals surface area contributed by atoms with Crippen LogP contribution in [-0.2, 0) is 12.6 Å². The summed E-state index contributed by atoms with van der Waals surface area (Å²) in [5, 5.41) is 8.43. The summed E-state index contributed by atoms with van der Waals surface area (Å²) in [7, 11) is 0. The number of hydrogen-bond acceptors (Lipinski definition) is 4. The van der Waals surface area contributed by atoms with Gasteiger partial charge in [-0.15, -0.1) is 0 Å². The summed E-state index contributed by atoms with van der Waals surface area (Å²) in [6, 6.07) is 2.32. The Morgan fingerprint density at radius 1 is 1.30 bits per heavy atom. The molecule has 1 saturated heterocycles. The Hall–Kier alpha value is -2.91. The van der Waals surface area contributed by atoms with E-state index < -0.39 is 17.9 Å². The van der Waals surface area contributed by atoms with Crippen molar-refractivity contribution in [2.24, 2.45) is 0 Å². The van der Waals surface area contributed by atoms with Gasteiger partial charge in [-0.05, 0) is 39.2 Å². The number of halogens is 3. The standard InChI is InChI=1S/C20H23F3N6O/c1-4-14-8-17(20(21,22)23)29-18(25-14)9-15(26-29)16-6-5-7-27(16)19(30)13-10-24-28(11-13)12(2)3/h8-12,16H,4-7H2,1-3H3/t16-/m0/s1. The second-order valence-electron chi connectivity index (χ2n) is 7.78. The van der Waals surface area contributed by atoms with Crippen molar-refractivity contribution in [1.82, 2.24) is 29.3 Å². The molecular weight excluding hydrogens is 397 g/mol. The number of aryl methyl sites for hydroxylation is 1. The van der Waals surface area contributed by atoms with Crippen molar-refractivity contribution in [2.75, 3.05) is 6.54 Å². The molecule has 0 N–H and O–H groups in total. The van der Waals surface area contributed by atoms with Gasteiger partial charge in [0.25, 0.3) is 5.91 Å². The molecule has 4 rings (SSSR count). The zero-order valence-corrected chi connectivity index (χ0v) is 17.0. The molecule has 0 saturated carbocycles. The Morgan fingerprint density at radius 2 is 2.07 bits per heavy atom. The highest BCUT2D eigenvalue weighted by molar-refractivity contribution is 5.94. The molecule has 1 aliphatic heterocycles. The van der Waals surface area contributed by atoms with Crippen molar-refractivity contribution in [2.45, 2.75) is 58.3 Å². The summed E-state index contributed by atoms with van der Waals surface area (Å²) in [5.41, 5.74) is 0.514. The van der Waals surface area contributed by atoms with Gasteiger partial charge in [-0.2, -0.15) is 23.4 Å². The van der Waals surface area contributed by atoms with E-state index in [1.807, 2.05) is 13.8 Å². The third-order valence-electron chi connectivity index (χ3n) is 5.38. The summed E-state index contributed by atoms with van der Waals surface area (Å²) in [6.45, 7) is 6.20. The van der Waals surface area contributed by atoms with E-state index in [2.05, 4.69) is 15.2 Å². The Labute approximate surface area is 171 Å². The number of aromatic nitrogens is 5. The van der Waals surface area contributed by atoms with Gasteiger partial charge in [-0.3, -0.25) is 9.48 Å². The van der Waals surface area contributed by atoms with Crippen molar-refractivity contribution in [3.63, 3.8) is 0 Å². The minimum atomic E-state index is -4.55. The Balaban J connectivity index is 1.71. The molecule has 1 atom stereocenters. The van der Waals surface area contributed by atoms with Gasteiger partial charge < -0.3 is 4.90 Å². The smallest absolute Gasteiger partial charge is 0.330 e. The Kier molecular flexibility index (Phi) is 5.03. The molecule has 1 amide bonds. The predicted octanol–water partition coefficient (Wildman–Crippen LogP) is 4.07. The Bertz CT molecular complexity index is 1080. The molecule has 3 aromatic rings. The first-order valence-electron chi connectivity index (χ1n) is 10.0. The third-order valence-corrected chi connectivity index (χ3v) is 5.38. The maximum absolute atomic E-state index is 13.6. The molecule has 4 heterocycles. The number of carbonyl (C=O) groups is 1. The molecule has 0 aromatic carbocycles. The van der Waals surface area contributed by atoms with Crippen LogP contribution < -0.4 is 0 Å². The molecule has 10 heteroatoms. The number of hydrogen-bond donors (Lipinski definition) is 0. The largest absolute Gasteiger partial charge is 0.433 e. The molecule has 0 spiro atoms. The lowest BCUT2D eigenvalue weighted by Crippen LogP contribution is -2.30. The highest BCUT2D eigenvalue weighted by Gasteiger charge is 2.37. The Morgan fingerprint density at radius 3 is 2.70 bits per heavy atom. The summed E-state index contributed by atoms with van der Waals surface area (Å²) >= 11 is 0. The van der Waals surface area contributed by atoms with Crippen LogP contribution in [0.3, 0.4) is 0 Å². The zero-order valence-electron chi connectivity index (χ0n) is 17.0. The summed E-state index contributed by atoms with van der Waals surface area (Å²) in [5.74, 6) is -0.195. The van der Waals surface area contributed by atoms with Crippen molar-refractivity contribution >= 4 is 11.6 Å². The fraction of sp³-hybridized carbons (Fsp3) is 0.500. The van der Waals surface area contributed by atoms with E-state index in [0.29, 0.717) is 36.3 Å². The van der Waals surface area contributed by atoms with Gasteiger partial charge in [0, 0.05) is 30.5 Å². The SMILES string of the molecule is CCc1cc(C(F)(F)F)n2nc([C@@H]3CCCN3C(=O)c3cnn(C(C)C)c3)cc2n1. The minimum absolute atomic E-state index is 0.124. The second kappa shape index (κ2) is 7.41. The summed E-state index contributed by atoms with van der Waals surface area (Å²) in [4.78, 5) is 19.0. The monoisotopic (exact) mass is 420 g/mol. The maximum Gasteiger partial charge on any atom is 0.433 e. The van der Waals surface area contributed by atoms with Crippen molar-refractivity contribution in [3.8, 4) is 0 Å². The van der Waals surface area contributed by atoms with Crippen LogP contribution in [0.2, 0.25) is 0 Å². The van der Waals surface area contributed by atoms with Crippen molar-refractivity contribution < 1.29 is 18.0 Å². The third kappa shape index (κ3) is 3.54. The minimum Gasteiger partial charge on any atom is -0.330 e. The highest BCUT2D eigenvalue weighted by atomic mass is 19.4. The fourth-order valence-electron chi connectivity index (χ4n) is 3.80. The van der Waals surface area contributed by atoms with Crippen LogP contribution in [0.25, 0.3) is 5.65 Å². The number of fused-ring (bicyclic) bond motifs is 1. The van der Waals surface area contributed by atoms with E-state index in [-0.39, 0.29) is 17.6 Å². The molecule has 1 aliphatic rings. The first kappa shape index (κ1) is 20.4. The molecule has 0 bridgehead atoms. The second-order valence-corrected chi connectivity index (χ2v) is 7.78. The van der Waals surface area contributed by atoms with Crippen molar-refractivity contribution in [3.05, 3.63) is 47.2 Å². The number of carbonyl (C=O) groups excluding carboxylic acids is 1. The average molecular weight is 420 g/mol. The zero-order chi connectivity index (χ0) is 21.6. The van der Waals surface area contributed by atoms with E-state index in [1.54, 1.807) is 28.8 Å². The number of rotatable bonds is 4. The maximum atomic E-state index is 13.6. The predicted molar refractivity (Wildman–Crippen MR) is 103 cm³/mol. The van der Waals surface area contributed by atoms with Crippen LogP contribution in [0, 0.1) is 0 Å². The molecule has 0 aliphatic carbocycles. The van der Waals surface area contributed by atoms with E-state index in [4.69, 9.17) is 0 Å². The lowest BCUT2D eigenvalue weighted by Gasteiger charge is -2.22. The van der Waals surface area contributed by atoms with E-state index in [1.165, 1.54) is 6.20 Å². The van der Waals surface area contributed by atoms with Crippen molar-refractivity contribution in [1.29, 1.82) is 0 Å². The quantitative estimate of drug-likeness (QED) is 0.638. The summed E-state index contributed by atoms with van der Waals surface area (Å²) in [6.07, 6.45) is 0.443. The number of alkyl halides is 3. The molecule has 3 aromatic heterocycles. The average Bonchev–Trinajstić information content (AvgIpc) is 3.43. The van der Waals surface area contributed by atoms with Gasteiger partial charge in [0.05, 0.1) is 23.5 Å². The van der Waals surface area contributed by atoms with Crippen LogP contribution in [0.15, 0.2) is 24.5 Å². The van der Waals surface area contributed by atoms with E-state index in [0.717, 1.165) is 17.0 Å². The first-order chi connectivity index (χ1) is 14.2. The number of likely N-dealkylation sites (tertiary alicyclic amines) is 1. The van der Waals surface area contributed by atoms with Gasteiger partial charge in [0.15, 0.2) is 5.65 Å². The van der Waals surface area contributed by atoms with Gasteiger partial charge in [-0.1, -0.05) is 6.92 Å². The van der Waals surface area contributed by atoms with E-state index in [9.17, 15) is 18.0 Å². The van der Waals surface area contributed by atoms with Gasteiger partial charge >= 0.3 is 6.18 Å². The van der Waals surface area contributed by atoms with Gasteiger partial charge in [-0.25, -0.2) is 9.50 Å². The lowest BCUT2D eigenvalue weighted by molar-refractivity contribution is -0.142. The van der Waals surface area contributed by atoms with Crippen LogP contribution in [0.4, 0.5) is 13.2 Å². The highest BCUT2D eigenvalue weighted by Crippen LogP contribution is 2.35. The van der Waals surface area contributed by atoms with Gasteiger partial charge in [0.1, 0.15) is 5.69 Å². The molecule has 1 fully saturated rings. The summed E-state index contributed by atoms with van der Waals surface area (Å²) < 4.78 is 43.2. The van der Waals surface area contributed by atoms with Crippen LogP contribution in [-0.4, -0.2) is 41.7 Å². The van der Waals surface area contributed by atoms with E-state index >= 15 is 0 Å². The molecule has 160 valence electrons. The van der Waals surface area contributed by atoms with Crippen LogP contribution in [0.5, 0.6) is 0 Å². The fourth-order valence-corrected chi connectivity index (χ4v) is 3.80. The first-order valence-corrected chi connectivity index (χ1v) is 10.0. The van der Waals surface area contributed by atoms with Crippen LogP contribution >= 0.6 is 0 Å². The lowest BCUT2D eigenvalue weighted by atomic mass is 10.1. The number of amides is 1. The molecule has 30 heavy (non-hydrogen) atoms. The van der Waals surface area contributed by atoms with Gasteiger partial charge in [0.2, 0.25) is 0 Å². The normalized spacial score (nSPS) is 17.4. The molecule has 7 nitrogen and oxygen atoms in total. The molecular formula is C20H23F3N6O. The number of nitrogens with zero attached hydrogens (tertiary/aromatic N) is 6.